The van der Waals surface area contributed by atoms with Crippen LogP contribution in [0.25, 0.3) is 22.2 Å². The molecule has 2 N–H and O–H groups in total. The monoisotopic (exact) mass is 415 g/mol. The third kappa shape index (κ3) is 5.00. The second-order valence-electron chi connectivity index (χ2n) is 6.14. The van der Waals surface area contributed by atoms with Gasteiger partial charge in [-0.3, -0.25) is 9.59 Å². The molecule has 0 spiro atoms. The zero-order valence-electron chi connectivity index (χ0n) is 15.0. The van der Waals surface area contributed by atoms with Gasteiger partial charge in [-0.15, -0.1) is 0 Å². The van der Waals surface area contributed by atoms with Crippen molar-refractivity contribution in [3.05, 3.63) is 66.2 Å². The minimum absolute atomic E-state index is 0.185. The number of rotatable bonds is 7. The Labute approximate surface area is 173 Å². The first-order valence-electron chi connectivity index (χ1n) is 8.85. The minimum Gasteiger partial charge on any atom is -0.354 e. The van der Waals surface area contributed by atoms with E-state index in [1.807, 2.05) is 54.6 Å². The van der Waals surface area contributed by atoms with Crippen molar-refractivity contribution < 1.29 is 9.59 Å². The predicted molar refractivity (Wildman–Crippen MR) is 113 cm³/mol. The summed E-state index contributed by atoms with van der Waals surface area (Å²) >= 11 is 10.9. The van der Waals surface area contributed by atoms with Crippen LogP contribution < -0.4 is 10.6 Å². The quantitative estimate of drug-likeness (QED) is 0.453. The molecule has 0 aliphatic carbocycles. The molecule has 0 atom stereocenters. The zero-order chi connectivity index (χ0) is 19.9. The summed E-state index contributed by atoms with van der Waals surface area (Å²) in [5, 5.41) is 6.27. The highest BCUT2D eigenvalue weighted by atomic mass is 35.5. The number of alkyl halides is 2. The van der Waals surface area contributed by atoms with Crippen molar-refractivity contribution in [2.75, 3.05) is 13.1 Å². The van der Waals surface area contributed by atoms with Gasteiger partial charge in [-0.05, 0) is 18.6 Å². The minimum atomic E-state index is -1.09. The molecule has 3 rings (SSSR count). The smallest absolute Gasteiger partial charge is 0.253 e. The lowest BCUT2D eigenvalue weighted by atomic mass is 10.0. The van der Waals surface area contributed by atoms with E-state index in [0.29, 0.717) is 25.1 Å². The molecular formula is C21H19Cl2N3O2. The largest absolute Gasteiger partial charge is 0.354 e. The number of aromatic nitrogens is 1. The molecule has 0 saturated heterocycles. The number of hydrogen-bond donors (Lipinski definition) is 2. The number of carbonyl (C=O) groups is 2. The molecule has 0 aliphatic rings. The van der Waals surface area contributed by atoms with E-state index in [0.717, 1.165) is 22.2 Å². The topological polar surface area (TPSA) is 71.1 Å². The lowest BCUT2D eigenvalue weighted by Gasteiger charge is -2.11. The number of halogens is 2. The van der Waals surface area contributed by atoms with Crippen LogP contribution in [-0.4, -0.2) is 34.7 Å². The van der Waals surface area contributed by atoms with E-state index in [9.17, 15) is 9.59 Å². The Balaban J connectivity index is 1.74. The first kappa shape index (κ1) is 20.1. The van der Waals surface area contributed by atoms with Crippen molar-refractivity contribution in [3.63, 3.8) is 0 Å². The molecule has 1 heterocycles. The van der Waals surface area contributed by atoms with Crippen LogP contribution in [0, 0.1) is 0 Å². The lowest BCUT2D eigenvalue weighted by Crippen LogP contribution is -2.32. The first-order chi connectivity index (χ1) is 13.6. The molecule has 5 nitrogen and oxygen atoms in total. The van der Waals surface area contributed by atoms with Crippen LogP contribution in [0.2, 0.25) is 0 Å². The highest BCUT2D eigenvalue weighted by Gasteiger charge is 2.14. The van der Waals surface area contributed by atoms with Gasteiger partial charge in [-0.1, -0.05) is 71.7 Å². The summed E-state index contributed by atoms with van der Waals surface area (Å²) in [6.45, 7) is 0.785. The van der Waals surface area contributed by atoms with E-state index in [2.05, 4.69) is 15.6 Å². The van der Waals surface area contributed by atoms with Crippen LogP contribution in [0.3, 0.4) is 0 Å². The van der Waals surface area contributed by atoms with Crippen LogP contribution in [0.1, 0.15) is 16.8 Å². The molecule has 0 aliphatic heterocycles. The summed E-state index contributed by atoms with van der Waals surface area (Å²) in [6.07, 6.45) is 0.562. The summed E-state index contributed by atoms with van der Waals surface area (Å²) in [5.41, 5.74) is 3.01. The second-order valence-corrected chi connectivity index (χ2v) is 7.24. The molecule has 0 fully saturated rings. The molecule has 3 aromatic rings. The SMILES string of the molecule is O=C(NCCCNC(=O)C(Cl)Cl)c1cc(-c2ccccc2)nc2ccccc12. The van der Waals surface area contributed by atoms with Crippen molar-refractivity contribution in [2.24, 2.45) is 0 Å². The van der Waals surface area contributed by atoms with Crippen molar-refractivity contribution in [1.82, 2.24) is 15.6 Å². The Morgan fingerprint density at radius 1 is 0.929 bits per heavy atom. The Morgan fingerprint density at radius 2 is 1.61 bits per heavy atom. The molecule has 1 aromatic heterocycles. The first-order valence-corrected chi connectivity index (χ1v) is 9.73. The summed E-state index contributed by atoms with van der Waals surface area (Å²) in [4.78, 5) is 27.7. The fraction of sp³-hybridized carbons (Fsp3) is 0.190. The van der Waals surface area contributed by atoms with Gasteiger partial charge >= 0.3 is 0 Å². The lowest BCUT2D eigenvalue weighted by molar-refractivity contribution is -0.119. The van der Waals surface area contributed by atoms with Crippen molar-refractivity contribution >= 4 is 45.9 Å². The third-order valence-electron chi connectivity index (χ3n) is 4.17. The number of hydrogen-bond acceptors (Lipinski definition) is 3. The van der Waals surface area contributed by atoms with Gasteiger partial charge in [0.25, 0.3) is 11.8 Å². The Kier molecular flexibility index (Phi) is 6.85. The molecule has 0 saturated carbocycles. The van der Waals surface area contributed by atoms with Crippen LogP contribution in [0.15, 0.2) is 60.7 Å². The highest BCUT2D eigenvalue weighted by molar-refractivity contribution is 6.53. The van der Waals surface area contributed by atoms with Gasteiger partial charge in [0.2, 0.25) is 0 Å². The summed E-state index contributed by atoms with van der Waals surface area (Å²) < 4.78 is 0. The molecule has 7 heteroatoms. The van der Waals surface area contributed by atoms with E-state index in [4.69, 9.17) is 23.2 Å². The third-order valence-corrected chi connectivity index (χ3v) is 4.56. The molecule has 0 unspecified atom stereocenters. The Bertz CT molecular complexity index is 978. The molecule has 28 heavy (non-hydrogen) atoms. The van der Waals surface area contributed by atoms with Crippen LogP contribution in [0.5, 0.6) is 0 Å². The van der Waals surface area contributed by atoms with E-state index in [-0.39, 0.29) is 5.91 Å². The maximum Gasteiger partial charge on any atom is 0.253 e. The predicted octanol–water partition coefficient (Wildman–Crippen LogP) is 3.94. The second kappa shape index (κ2) is 9.53. The van der Waals surface area contributed by atoms with Gasteiger partial charge in [0.05, 0.1) is 16.8 Å². The van der Waals surface area contributed by atoms with E-state index in [1.54, 1.807) is 6.07 Å². The van der Waals surface area contributed by atoms with Crippen molar-refractivity contribution in [2.45, 2.75) is 11.3 Å². The normalized spacial score (nSPS) is 10.8. The Hall–Kier alpha value is -2.63. The summed E-state index contributed by atoms with van der Waals surface area (Å²) in [6, 6.07) is 19.1. The number of fused-ring (bicyclic) bond motifs is 1. The number of nitrogens with zero attached hydrogens (tertiary/aromatic N) is 1. The number of nitrogens with one attached hydrogen (secondary N) is 2. The standard InChI is InChI=1S/C21H19Cl2N3O2/c22-19(23)21(28)25-12-6-11-24-20(27)16-13-18(14-7-2-1-3-8-14)26-17-10-5-4-9-15(16)17/h1-5,7-10,13,19H,6,11-12H2,(H,24,27)(H,25,28). The van der Waals surface area contributed by atoms with Gasteiger partial charge in [-0.2, -0.15) is 0 Å². The van der Waals surface area contributed by atoms with Gasteiger partial charge in [0.15, 0.2) is 4.84 Å². The maximum absolute atomic E-state index is 12.8. The Morgan fingerprint density at radius 3 is 2.36 bits per heavy atom. The van der Waals surface area contributed by atoms with Gasteiger partial charge in [0, 0.05) is 24.0 Å². The van der Waals surface area contributed by atoms with Crippen molar-refractivity contribution in [1.29, 1.82) is 0 Å². The highest BCUT2D eigenvalue weighted by Crippen LogP contribution is 2.24. The van der Waals surface area contributed by atoms with E-state index < -0.39 is 10.7 Å². The molecule has 0 radical (unpaired) electrons. The summed E-state index contributed by atoms with van der Waals surface area (Å²) in [7, 11) is 0. The van der Waals surface area contributed by atoms with Crippen LogP contribution in [-0.2, 0) is 4.79 Å². The molecule has 2 aromatic carbocycles. The molecular weight excluding hydrogens is 397 g/mol. The van der Waals surface area contributed by atoms with Crippen LogP contribution in [0.4, 0.5) is 0 Å². The van der Waals surface area contributed by atoms with Gasteiger partial charge in [0.1, 0.15) is 0 Å². The number of para-hydroxylation sites is 1. The summed E-state index contributed by atoms with van der Waals surface area (Å²) in [5.74, 6) is -0.628. The van der Waals surface area contributed by atoms with Gasteiger partial charge in [-0.25, -0.2) is 4.98 Å². The average Bonchev–Trinajstić information content (AvgIpc) is 2.72. The fourth-order valence-corrected chi connectivity index (χ4v) is 2.95. The fourth-order valence-electron chi connectivity index (χ4n) is 2.79. The molecule has 2 amide bonds. The molecule has 0 bridgehead atoms. The van der Waals surface area contributed by atoms with Crippen molar-refractivity contribution in [3.8, 4) is 11.3 Å². The van der Waals surface area contributed by atoms with Crippen LogP contribution >= 0.6 is 23.2 Å². The zero-order valence-corrected chi connectivity index (χ0v) is 16.5. The number of benzene rings is 2. The number of carbonyl (C=O) groups excluding carboxylic acids is 2. The van der Waals surface area contributed by atoms with Gasteiger partial charge < -0.3 is 10.6 Å². The van der Waals surface area contributed by atoms with E-state index >= 15 is 0 Å². The average molecular weight is 416 g/mol. The number of amides is 2. The van der Waals surface area contributed by atoms with E-state index in [1.165, 1.54) is 0 Å². The number of pyridine rings is 1. The molecule has 144 valence electrons. The maximum atomic E-state index is 12.8.